The molecular weight excluding hydrogens is 164 g/mol. The molecule has 0 saturated carbocycles. The maximum absolute atomic E-state index is 11.3. The van der Waals surface area contributed by atoms with Crippen molar-refractivity contribution in [1.82, 2.24) is 10.2 Å². The van der Waals surface area contributed by atoms with Gasteiger partial charge in [-0.2, -0.15) is 0 Å². The molecule has 0 aromatic carbocycles. The van der Waals surface area contributed by atoms with Crippen molar-refractivity contribution in [3.63, 3.8) is 0 Å². The summed E-state index contributed by atoms with van der Waals surface area (Å²) in [5, 5.41) is 2.84. The van der Waals surface area contributed by atoms with Crippen LogP contribution in [0.4, 0.5) is 4.79 Å². The largest absolute Gasteiger partial charge is 0.338 e. The van der Waals surface area contributed by atoms with Crippen LogP contribution in [-0.2, 0) is 0 Å². The molecule has 0 radical (unpaired) electrons. The van der Waals surface area contributed by atoms with E-state index in [1.165, 1.54) is 5.57 Å². The summed E-state index contributed by atoms with van der Waals surface area (Å²) in [5.74, 6) is 0. The number of urea groups is 1. The highest BCUT2D eigenvalue weighted by Gasteiger charge is 2.15. The van der Waals surface area contributed by atoms with Gasteiger partial charge in [0.15, 0.2) is 0 Å². The van der Waals surface area contributed by atoms with Gasteiger partial charge in [-0.25, -0.2) is 4.79 Å². The molecule has 1 aliphatic rings. The minimum atomic E-state index is 0.0911. The molecule has 1 N–H and O–H groups in total. The topological polar surface area (TPSA) is 32.3 Å². The summed E-state index contributed by atoms with van der Waals surface area (Å²) in [4.78, 5) is 13.1. The molecule has 0 aliphatic carbocycles. The van der Waals surface area contributed by atoms with Crippen LogP contribution >= 0.6 is 0 Å². The summed E-state index contributed by atoms with van der Waals surface area (Å²) in [5.41, 5.74) is 1.32. The van der Waals surface area contributed by atoms with E-state index in [1.807, 2.05) is 4.90 Å². The normalized spacial score (nSPS) is 16.8. The van der Waals surface area contributed by atoms with Crippen molar-refractivity contribution in [2.75, 3.05) is 19.6 Å². The van der Waals surface area contributed by atoms with Gasteiger partial charge in [-0.15, -0.1) is 0 Å². The summed E-state index contributed by atoms with van der Waals surface area (Å²) in [7, 11) is 0. The molecule has 1 saturated heterocycles. The summed E-state index contributed by atoms with van der Waals surface area (Å²) in [6, 6.07) is 0.0911. The number of nitrogens with one attached hydrogen (secondary N) is 1. The zero-order valence-electron chi connectivity index (χ0n) is 8.47. The second kappa shape index (κ2) is 4.90. The van der Waals surface area contributed by atoms with Gasteiger partial charge >= 0.3 is 6.03 Å². The van der Waals surface area contributed by atoms with Crippen LogP contribution in [0.25, 0.3) is 0 Å². The molecule has 0 aromatic heterocycles. The Morgan fingerprint density at radius 1 is 1.62 bits per heavy atom. The van der Waals surface area contributed by atoms with Crippen LogP contribution < -0.4 is 5.32 Å². The lowest BCUT2D eigenvalue weighted by molar-refractivity contribution is 0.187. The highest BCUT2D eigenvalue weighted by molar-refractivity contribution is 5.74. The van der Waals surface area contributed by atoms with Gasteiger partial charge in [0.25, 0.3) is 0 Å². The number of carbonyl (C=O) groups is 1. The molecule has 1 rings (SSSR count). The van der Waals surface area contributed by atoms with Crippen molar-refractivity contribution < 1.29 is 4.79 Å². The highest BCUT2D eigenvalue weighted by atomic mass is 16.2. The van der Waals surface area contributed by atoms with Crippen LogP contribution in [0.5, 0.6) is 0 Å². The minimum absolute atomic E-state index is 0.0911. The SMILES string of the molecule is CC(C)=CCCN1CCCNC1=O. The zero-order valence-corrected chi connectivity index (χ0v) is 8.47. The number of hydrogen-bond donors (Lipinski definition) is 1. The molecule has 0 bridgehead atoms. The van der Waals surface area contributed by atoms with E-state index in [9.17, 15) is 4.79 Å². The van der Waals surface area contributed by atoms with Crippen molar-refractivity contribution in [1.29, 1.82) is 0 Å². The minimum Gasteiger partial charge on any atom is -0.338 e. The van der Waals surface area contributed by atoms with E-state index in [2.05, 4.69) is 25.2 Å². The van der Waals surface area contributed by atoms with Crippen LogP contribution in [0, 0.1) is 0 Å². The first-order valence-electron chi connectivity index (χ1n) is 4.86. The Morgan fingerprint density at radius 3 is 3.00 bits per heavy atom. The first-order chi connectivity index (χ1) is 6.20. The van der Waals surface area contributed by atoms with E-state index in [1.54, 1.807) is 0 Å². The van der Waals surface area contributed by atoms with E-state index in [0.717, 1.165) is 32.5 Å². The molecule has 0 unspecified atom stereocenters. The van der Waals surface area contributed by atoms with Crippen molar-refractivity contribution >= 4 is 6.03 Å². The maximum atomic E-state index is 11.3. The molecule has 3 heteroatoms. The first-order valence-corrected chi connectivity index (χ1v) is 4.86. The molecule has 13 heavy (non-hydrogen) atoms. The third kappa shape index (κ3) is 3.49. The number of carbonyl (C=O) groups excluding carboxylic acids is 1. The summed E-state index contributed by atoms with van der Waals surface area (Å²) < 4.78 is 0. The molecule has 0 spiro atoms. The molecule has 2 amide bonds. The molecule has 1 fully saturated rings. The van der Waals surface area contributed by atoms with E-state index in [0.29, 0.717) is 0 Å². The Morgan fingerprint density at radius 2 is 2.38 bits per heavy atom. The smallest absolute Gasteiger partial charge is 0.317 e. The third-order valence-electron chi connectivity index (χ3n) is 2.12. The standard InChI is InChI=1S/C10H18N2O/c1-9(2)5-3-7-12-8-4-6-11-10(12)13/h5H,3-4,6-8H2,1-2H3,(H,11,13). The fraction of sp³-hybridized carbons (Fsp3) is 0.700. The molecular formula is C10H18N2O. The van der Waals surface area contributed by atoms with E-state index in [4.69, 9.17) is 0 Å². The number of rotatable bonds is 3. The van der Waals surface area contributed by atoms with Gasteiger partial charge in [0, 0.05) is 19.6 Å². The third-order valence-corrected chi connectivity index (χ3v) is 2.12. The van der Waals surface area contributed by atoms with Gasteiger partial charge < -0.3 is 10.2 Å². The highest BCUT2D eigenvalue weighted by Crippen LogP contribution is 2.01. The van der Waals surface area contributed by atoms with Crippen molar-refractivity contribution in [2.24, 2.45) is 0 Å². The van der Waals surface area contributed by atoms with Gasteiger partial charge in [0.05, 0.1) is 0 Å². The average molecular weight is 182 g/mol. The summed E-state index contributed by atoms with van der Waals surface area (Å²) >= 11 is 0. The first kappa shape index (κ1) is 10.1. The van der Waals surface area contributed by atoms with Gasteiger partial charge in [0.2, 0.25) is 0 Å². The molecule has 3 nitrogen and oxygen atoms in total. The maximum Gasteiger partial charge on any atom is 0.317 e. The molecule has 74 valence electrons. The van der Waals surface area contributed by atoms with Crippen LogP contribution in [0.2, 0.25) is 0 Å². The second-order valence-electron chi connectivity index (χ2n) is 3.64. The molecule has 1 heterocycles. The summed E-state index contributed by atoms with van der Waals surface area (Å²) in [6.45, 7) is 6.74. The molecule has 0 aromatic rings. The van der Waals surface area contributed by atoms with E-state index < -0.39 is 0 Å². The van der Waals surface area contributed by atoms with Crippen molar-refractivity contribution in [3.8, 4) is 0 Å². The fourth-order valence-electron chi connectivity index (χ4n) is 1.40. The number of nitrogens with zero attached hydrogens (tertiary/aromatic N) is 1. The lowest BCUT2D eigenvalue weighted by Gasteiger charge is -2.26. The lowest BCUT2D eigenvalue weighted by atomic mass is 10.2. The number of hydrogen-bond acceptors (Lipinski definition) is 1. The van der Waals surface area contributed by atoms with E-state index in [-0.39, 0.29) is 6.03 Å². The number of allylic oxidation sites excluding steroid dienone is 1. The Labute approximate surface area is 79.8 Å². The molecule has 1 aliphatic heterocycles. The van der Waals surface area contributed by atoms with Gasteiger partial charge in [-0.1, -0.05) is 11.6 Å². The fourth-order valence-corrected chi connectivity index (χ4v) is 1.40. The number of amides is 2. The Kier molecular flexibility index (Phi) is 3.80. The average Bonchev–Trinajstić information content (AvgIpc) is 2.08. The quantitative estimate of drug-likeness (QED) is 0.663. The predicted molar refractivity (Wildman–Crippen MR) is 53.6 cm³/mol. The van der Waals surface area contributed by atoms with Gasteiger partial charge in [0.1, 0.15) is 0 Å². The Balaban J connectivity index is 2.27. The van der Waals surface area contributed by atoms with Crippen LogP contribution in [0.1, 0.15) is 26.7 Å². The Hall–Kier alpha value is -0.990. The lowest BCUT2D eigenvalue weighted by Crippen LogP contribution is -2.46. The van der Waals surface area contributed by atoms with Crippen molar-refractivity contribution in [3.05, 3.63) is 11.6 Å². The summed E-state index contributed by atoms with van der Waals surface area (Å²) in [6.07, 6.45) is 4.21. The van der Waals surface area contributed by atoms with Crippen LogP contribution in [0.3, 0.4) is 0 Å². The van der Waals surface area contributed by atoms with Gasteiger partial charge in [-0.3, -0.25) is 0 Å². The zero-order chi connectivity index (χ0) is 9.68. The van der Waals surface area contributed by atoms with Crippen LogP contribution in [0.15, 0.2) is 11.6 Å². The monoisotopic (exact) mass is 182 g/mol. The second-order valence-corrected chi connectivity index (χ2v) is 3.64. The molecule has 0 atom stereocenters. The van der Waals surface area contributed by atoms with Crippen molar-refractivity contribution in [2.45, 2.75) is 26.7 Å². The van der Waals surface area contributed by atoms with Crippen LogP contribution in [-0.4, -0.2) is 30.6 Å². The predicted octanol–water partition coefficient (Wildman–Crippen LogP) is 1.76. The van der Waals surface area contributed by atoms with E-state index >= 15 is 0 Å². The Bertz CT molecular complexity index is 207. The van der Waals surface area contributed by atoms with Gasteiger partial charge in [-0.05, 0) is 26.7 Å².